The van der Waals surface area contributed by atoms with Crippen LogP contribution >= 0.6 is 0 Å². The fraction of sp³-hybridized carbons (Fsp3) is 0.261. The monoisotopic (exact) mass is 420 g/mol. The number of hydrogen-bond acceptors (Lipinski definition) is 3. The van der Waals surface area contributed by atoms with E-state index in [0.29, 0.717) is 31.9 Å². The van der Waals surface area contributed by atoms with Crippen LogP contribution in [0.1, 0.15) is 16.1 Å². The van der Waals surface area contributed by atoms with Gasteiger partial charge in [-0.3, -0.25) is 4.79 Å². The molecule has 8 nitrogen and oxygen atoms in total. The van der Waals surface area contributed by atoms with Crippen molar-refractivity contribution in [3.05, 3.63) is 71.9 Å². The summed E-state index contributed by atoms with van der Waals surface area (Å²) in [5, 5.41) is 13.1. The Kier molecular flexibility index (Phi) is 5.88. The van der Waals surface area contributed by atoms with Crippen molar-refractivity contribution in [3.8, 4) is 0 Å². The lowest BCUT2D eigenvalue weighted by Gasteiger charge is -2.35. The fourth-order valence-corrected chi connectivity index (χ4v) is 3.76. The van der Waals surface area contributed by atoms with Crippen LogP contribution in [0.5, 0.6) is 0 Å². The Labute approximate surface area is 179 Å². The average Bonchev–Trinajstić information content (AvgIpc) is 3.23. The highest BCUT2D eigenvalue weighted by molar-refractivity contribution is 5.98. The lowest BCUT2D eigenvalue weighted by atomic mass is 10.1. The third kappa shape index (κ3) is 4.69. The molecule has 0 bridgehead atoms. The highest BCUT2D eigenvalue weighted by atomic mass is 16.4. The number of carbonyl (C=O) groups excluding carboxylic acids is 2. The van der Waals surface area contributed by atoms with Crippen LogP contribution in [-0.4, -0.2) is 70.0 Å². The van der Waals surface area contributed by atoms with Gasteiger partial charge < -0.3 is 25.2 Å². The van der Waals surface area contributed by atoms with Gasteiger partial charge in [0.25, 0.3) is 5.91 Å². The summed E-state index contributed by atoms with van der Waals surface area (Å²) in [6, 6.07) is 17.3. The van der Waals surface area contributed by atoms with Gasteiger partial charge in [-0.1, -0.05) is 48.5 Å². The Hall–Kier alpha value is -3.81. The molecule has 0 radical (unpaired) electrons. The summed E-state index contributed by atoms with van der Waals surface area (Å²) in [5.74, 6) is -1.19. The van der Waals surface area contributed by atoms with Gasteiger partial charge in [0.1, 0.15) is 11.7 Å². The predicted octanol–water partition coefficient (Wildman–Crippen LogP) is 2.33. The molecule has 0 saturated carbocycles. The first-order valence-electron chi connectivity index (χ1n) is 10.2. The van der Waals surface area contributed by atoms with Crippen LogP contribution in [0.4, 0.5) is 4.79 Å². The van der Waals surface area contributed by atoms with Crippen LogP contribution < -0.4 is 5.32 Å². The number of aromatic amines is 1. The van der Waals surface area contributed by atoms with E-state index in [1.807, 2.05) is 60.7 Å². The number of benzene rings is 2. The number of carboxylic acid groups (broad SMARTS) is 1. The fourth-order valence-electron chi connectivity index (χ4n) is 3.76. The zero-order valence-electron chi connectivity index (χ0n) is 17.0. The maximum Gasteiger partial charge on any atom is 0.326 e. The second kappa shape index (κ2) is 8.91. The normalized spacial score (nSPS) is 15.0. The second-order valence-electron chi connectivity index (χ2n) is 7.58. The van der Waals surface area contributed by atoms with E-state index in [1.165, 1.54) is 0 Å². The Bertz CT molecular complexity index is 1050. The van der Waals surface area contributed by atoms with Crippen molar-refractivity contribution in [1.82, 2.24) is 20.1 Å². The van der Waals surface area contributed by atoms with Crippen LogP contribution in [-0.2, 0) is 11.2 Å². The van der Waals surface area contributed by atoms with Crippen molar-refractivity contribution in [2.75, 3.05) is 26.2 Å². The lowest BCUT2D eigenvalue weighted by molar-refractivity contribution is -0.139. The number of aromatic nitrogens is 1. The van der Waals surface area contributed by atoms with Gasteiger partial charge in [-0.2, -0.15) is 0 Å². The molecule has 1 aliphatic heterocycles. The van der Waals surface area contributed by atoms with Gasteiger partial charge in [-0.15, -0.1) is 0 Å². The minimum Gasteiger partial charge on any atom is -0.480 e. The number of carbonyl (C=O) groups is 3. The van der Waals surface area contributed by atoms with E-state index in [0.717, 1.165) is 16.5 Å². The van der Waals surface area contributed by atoms with Crippen molar-refractivity contribution < 1.29 is 19.5 Å². The van der Waals surface area contributed by atoms with Crippen molar-refractivity contribution in [2.24, 2.45) is 0 Å². The zero-order chi connectivity index (χ0) is 21.8. The largest absolute Gasteiger partial charge is 0.480 e. The number of aliphatic carboxylic acids is 1. The zero-order valence-corrected chi connectivity index (χ0v) is 17.0. The molecule has 0 aliphatic carbocycles. The molecule has 1 aromatic heterocycles. The van der Waals surface area contributed by atoms with E-state index >= 15 is 0 Å². The Balaban J connectivity index is 1.33. The minimum atomic E-state index is -1.08. The molecule has 3 aromatic rings. The van der Waals surface area contributed by atoms with Crippen LogP contribution in [0, 0.1) is 0 Å². The summed E-state index contributed by atoms with van der Waals surface area (Å²) in [5.41, 5.74) is 2.26. The number of urea groups is 1. The molecule has 31 heavy (non-hydrogen) atoms. The molecule has 1 aliphatic rings. The van der Waals surface area contributed by atoms with Gasteiger partial charge in [-0.05, 0) is 17.7 Å². The number of fused-ring (bicyclic) bond motifs is 1. The first kappa shape index (κ1) is 20.5. The number of piperazine rings is 1. The topological polar surface area (TPSA) is 106 Å². The standard InChI is InChI=1S/C23H24N4O4/c28-21(19-15-17-8-4-5-9-18(17)24-19)26-10-12-27(13-11-26)23(31)25-20(22(29)30)14-16-6-2-1-3-7-16/h1-9,15,20,24H,10-14H2,(H,25,31)(H,29,30)/t20-/m1/s1. The number of rotatable bonds is 5. The van der Waals surface area contributed by atoms with E-state index in [4.69, 9.17) is 0 Å². The van der Waals surface area contributed by atoms with Gasteiger partial charge in [0, 0.05) is 43.5 Å². The summed E-state index contributed by atoms with van der Waals surface area (Å²) in [4.78, 5) is 43.4. The van der Waals surface area contributed by atoms with Crippen LogP contribution in [0.2, 0.25) is 0 Å². The summed E-state index contributed by atoms with van der Waals surface area (Å²) >= 11 is 0. The smallest absolute Gasteiger partial charge is 0.326 e. The summed E-state index contributed by atoms with van der Waals surface area (Å²) < 4.78 is 0. The molecule has 160 valence electrons. The number of nitrogens with one attached hydrogen (secondary N) is 2. The number of nitrogens with zero attached hydrogens (tertiary/aromatic N) is 2. The summed E-state index contributed by atoms with van der Waals surface area (Å²) in [7, 11) is 0. The van der Waals surface area contributed by atoms with Crippen molar-refractivity contribution in [1.29, 1.82) is 0 Å². The van der Waals surface area contributed by atoms with Gasteiger partial charge >= 0.3 is 12.0 Å². The van der Waals surface area contributed by atoms with Crippen molar-refractivity contribution in [3.63, 3.8) is 0 Å². The Morgan fingerprint density at radius 3 is 2.26 bits per heavy atom. The molecular weight excluding hydrogens is 396 g/mol. The summed E-state index contributed by atoms with van der Waals surface area (Å²) in [6.07, 6.45) is 0.209. The van der Waals surface area contributed by atoms with Gasteiger partial charge in [0.15, 0.2) is 0 Å². The van der Waals surface area contributed by atoms with Gasteiger partial charge in [-0.25, -0.2) is 9.59 Å². The molecule has 2 aromatic carbocycles. The number of para-hydroxylation sites is 1. The molecule has 2 heterocycles. The molecule has 1 atom stereocenters. The molecule has 4 rings (SSSR count). The summed E-state index contributed by atoms with van der Waals surface area (Å²) in [6.45, 7) is 1.46. The first-order valence-corrected chi connectivity index (χ1v) is 10.2. The van der Waals surface area contributed by atoms with E-state index in [2.05, 4.69) is 10.3 Å². The number of H-pyrrole nitrogens is 1. The highest BCUT2D eigenvalue weighted by Gasteiger charge is 2.28. The maximum atomic E-state index is 12.8. The molecule has 1 fully saturated rings. The molecule has 1 saturated heterocycles. The van der Waals surface area contributed by atoms with Gasteiger partial charge in [0.05, 0.1) is 0 Å². The molecular formula is C23H24N4O4. The average molecular weight is 420 g/mol. The number of amides is 3. The quantitative estimate of drug-likeness (QED) is 0.589. The van der Waals surface area contributed by atoms with E-state index in [9.17, 15) is 19.5 Å². The second-order valence-corrected chi connectivity index (χ2v) is 7.58. The SMILES string of the molecule is O=C(O)[C@@H](Cc1ccccc1)NC(=O)N1CCN(C(=O)c2cc3ccccc3[nH]2)CC1. The van der Waals surface area contributed by atoms with E-state index in [-0.39, 0.29) is 12.3 Å². The van der Waals surface area contributed by atoms with Crippen molar-refractivity contribution in [2.45, 2.75) is 12.5 Å². The van der Waals surface area contributed by atoms with Crippen LogP contribution in [0.3, 0.4) is 0 Å². The third-order valence-corrected chi connectivity index (χ3v) is 5.49. The van der Waals surface area contributed by atoms with Crippen LogP contribution in [0.15, 0.2) is 60.7 Å². The van der Waals surface area contributed by atoms with E-state index < -0.39 is 18.0 Å². The predicted molar refractivity (Wildman–Crippen MR) is 116 cm³/mol. The molecule has 8 heteroatoms. The lowest BCUT2D eigenvalue weighted by Crippen LogP contribution is -2.55. The molecule has 3 amide bonds. The molecule has 3 N–H and O–H groups in total. The van der Waals surface area contributed by atoms with Gasteiger partial charge in [0.2, 0.25) is 0 Å². The van der Waals surface area contributed by atoms with Crippen LogP contribution in [0.25, 0.3) is 10.9 Å². The van der Waals surface area contributed by atoms with Crippen molar-refractivity contribution >= 4 is 28.8 Å². The number of hydrogen-bond donors (Lipinski definition) is 3. The maximum absolute atomic E-state index is 12.8. The Morgan fingerprint density at radius 2 is 1.58 bits per heavy atom. The third-order valence-electron chi connectivity index (χ3n) is 5.49. The highest BCUT2D eigenvalue weighted by Crippen LogP contribution is 2.17. The molecule has 0 unspecified atom stereocenters. The van der Waals surface area contributed by atoms with E-state index in [1.54, 1.807) is 9.80 Å². The number of carboxylic acids is 1. The molecule has 0 spiro atoms. The minimum absolute atomic E-state index is 0.108. The Morgan fingerprint density at radius 1 is 0.935 bits per heavy atom. The first-order chi connectivity index (χ1) is 15.0.